The number of hydrogen-bond acceptors (Lipinski definition) is 3. The number of para-hydroxylation sites is 1. The number of methoxy groups -OCH3 is 1. The molecule has 1 N–H and O–H groups in total. The first kappa shape index (κ1) is 14.9. The topological polar surface area (TPSA) is 34.4 Å². The second kappa shape index (κ2) is 6.31. The van der Waals surface area contributed by atoms with E-state index in [0.29, 0.717) is 12.0 Å². The van der Waals surface area contributed by atoms with Crippen molar-refractivity contribution in [3.05, 3.63) is 30.0 Å². The summed E-state index contributed by atoms with van der Waals surface area (Å²) in [6.07, 6.45) is 1.12. The molecule has 2 aromatic rings. The van der Waals surface area contributed by atoms with Crippen molar-refractivity contribution in [1.82, 2.24) is 5.32 Å². The van der Waals surface area contributed by atoms with E-state index in [4.69, 9.17) is 9.15 Å². The number of benzene rings is 1. The molecule has 0 radical (unpaired) electrons. The zero-order valence-corrected chi connectivity index (χ0v) is 13.1. The average Bonchev–Trinajstić information content (AvgIpc) is 2.87. The van der Waals surface area contributed by atoms with Crippen molar-refractivity contribution in [2.45, 2.75) is 46.2 Å². The molecule has 0 amide bonds. The van der Waals surface area contributed by atoms with Crippen LogP contribution in [0, 0.1) is 5.92 Å². The molecule has 3 nitrogen and oxygen atoms in total. The van der Waals surface area contributed by atoms with Gasteiger partial charge < -0.3 is 14.5 Å². The third-order valence-electron chi connectivity index (χ3n) is 3.88. The molecule has 110 valence electrons. The van der Waals surface area contributed by atoms with Gasteiger partial charge in [0.15, 0.2) is 11.3 Å². The molecule has 0 saturated carbocycles. The SMILES string of the molecule is CCC(NC(C)c1cc2cccc(OC)c2o1)C(C)C. The summed E-state index contributed by atoms with van der Waals surface area (Å²) in [5.74, 6) is 2.36. The molecule has 2 unspecified atom stereocenters. The molecule has 0 aliphatic rings. The summed E-state index contributed by atoms with van der Waals surface area (Å²) in [5.41, 5.74) is 0.830. The van der Waals surface area contributed by atoms with E-state index < -0.39 is 0 Å². The fourth-order valence-corrected chi connectivity index (χ4v) is 2.62. The van der Waals surface area contributed by atoms with E-state index in [1.165, 1.54) is 0 Å². The van der Waals surface area contributed by atoms with Gasteiger partial charge in [-0.15, -0.1) is 0 Å². The Morgan fingerprint density at radius 3 is 2.60 bits per heavy atom. The van der Waals surface area contributed by atoms with Gasteiger partial charge in [-0.2, -0.15) is 0 Å². The first-order chi connectivity index (χ1) is 9.56. The number of ether oxygens (including phenoxy) is 1. The Kier molecular flexibility index (Phi) is 4.71. The van der Waals surface area contributed by atoms with Crippen molar-refractivity contribution in [3.63, 3.8) is 0 Å². The zero-order valence-electron chi connectivity index (χ0n) is 13.1. The number of hydrogen-bond donors (Lipinski definition) is 1. The van der Waals surface area contributed by atoms with E-state index in [1.54, 1.807) is 7.11 Å². The number of furan rings is 1. The Balaban J connectivity index is 2.24. The lowest BCUT2D eigenvalue weighted by molar-refractivity contribution is 0.330. The van der Waals surface area contributed by atoms with Crippen LogP contribution < -0.4 is 10.1 Å². The van der Waals surface area contributed by atoms with Gasteiger partial charge in [0.25, 0.3) is 0 Å². The summed E-state index contributed by atoms with van der Waals surface area (Å²) in [7, 11) is 1.67. The Morgan fingerprint density at radius 1 is 1.25 bits per heavy atom. The van der Waals surface area contributed by atoms with Crippen molar-refractivity contribution in [2.24, 2.45) is 5.92 Å². The molecule has 1 aromatic heterocycles. The number of rotatable bonds is 6. The van der Waals surface area contributed by atoms with E-state index in [-0.39, 0.29) is 6.04 Å². The smallest absolute Gasteiger partial charge is 0.176 e. The highest BCUT2D eigenvalue weighted by Crippen LogP contribution is 2.31. The van der Waals surface area contributed by atoms with Gasteiger partial charge in [-0.3, -0.25) is 0 Å². The lowest BCUT2D eigenvalue weighted by Crippen LogP contribution is -2.34. The maximum Gasteiger partial charge on any atom is 0.176 e. The first-order valence-electron chi connectivity index (χ1n) is 7.39. The van der Waals surface area contributed by atoms with Crippen LogP contribution in [0.15, 0.2) is 28.7 Å². The summed E-state index contributed by atoms with van der Waals surface area (Å²) in [6.45, 7) is 8.85. The molecule has 2 atom stereocenters. The summed E-state index contributed by atoms with van der Waals surface area (Å²) >= 11 is 0. The van der Waals surface area contributed by atoms with Gasteiger partial charge in [0.1, 0.15) is 5.76 Å². The second-order valence-electron chi connectivity index (χ2n) is 5.67. The Labute approximate surface area is 121 Å². The molecule has 0 fully saturated rings. The predicted octanol–water partition coefficient (Wildman–Crippen LogP) is 4.53. The average molecular weight is 275 g/mol. The molecule has 0 spiro atoms. The predicted molar refractivity (Wildman–Crippen MR) is 83.2 cm³/mol. The van der Waals surface area contributed by atoms with Crippen LogP contribution in [0.3, 0.4) is 0 Å². The van der Waals surface area contributed by atoms with E-state index in [1.807, 2.05) is 12.1 Å². The normalized spacial score (nSPS) is 14.7. The monoisotopic (exact) mass is 275 g/mol. The van der Waals surface area contributed by atoms with Crippen molar-refractivity contribution in [1.29, 1.82) is 0 Å². The lowest BCUT2D eigenvalue weighted by Gasteiger charge is -2.24. The summed E-state index contributed by atoms with van der Waals surface area (Å²) in [5, 5.41) is 4.73. The molecular formula is C17H25NO2. The highest BCUT2D eigenvalue weighted by molar-refractivity contribution is 5.83. The fourth-order valence-electron chi connectivity index (χ4n) is 2.62. The molecule has 2 rings (SSSR count). The molecule has 0 aliphatic carbocycles. The molecule has 1 heterocycles. The van der Waals surface area contributed by atoms with Crippen molar-refractivity contribution in [3.8, 4) is 5.75 Å². The van der Waals surface area contributed by atoms with Crippen LogP contribution in [-0.4, -0.2) is 13.2 Å². The van der Waals surface area contributed by atoms with Crippen molar-refractivity contribution in [2.75, 3.05) is 7.11 Å². The van der Waals surface area contributed by atoms with E-state index in [2.05, 4.69) is 45.1 Å². The van der Waals surface area contributed by atoms with Crippen molar-refractivity contribution < 1.29 is 9.15 Å². The molecule has 0 aliphatic heterocycles. The van der Waals surface area contributed by atoms with E-state index in [0.717, 1.165) is 28.9 Å². The van der Waals surface area contributed by atoms with Gasteiger partial charge in [0.05, 0.1) is 13.2 Å². The third kappa shape index (κ3) is 2.98. The van der Waals surface area contributed by atoms with Crippen LogP contribution in [0.5, 0.6) is 5.75 Å². The van der Waals surface area contributed by atoms with Gasteiger partial charge in [0.2, 0.25) is 0 Å². The maximum absolute atomic E-state index is 5.99. The number of nitrogens with one attached hydrogen (secondary N) is 1. The summed E-state index contributed by atoms with van der Waals surface area (Å²) in [4.78, 5) is 0. The molecule has 0 bridgehead atoms. The maximum atomic E-state index is 5.99. The van der Waals surface area contributed by atoms with E-state index >= 15 is 0 Å². The van der Waals surface area contributed by atoms with Gasteiger partial charge in [0, 0.05) is 11.4 Å². The largest absolute Gasteiger partial charge is 0.493 e. The number of fused-ring (bicyclic) bond motifs is 1. The summed E-state index contributed by atoms with van der Waals surface area (Å²) in [6, 6.07) is 8.76. The standard InChI is InChI=1S/C17H25NO2/c1-6-14(11(2)3)18-12(4)16-10-13-8-7-9-15(19-5)17(13)20-16/h7-12,14,18H,6H2,1-5H3. The molecule has 0 saturated heterocycles. The van der Waals surface area contributed by atoms with Crippen LogP contribution >= 0.6 is 0 Å². The van der Waals surface area contributed by atoms with Crippen LogP contribution in [0.1, 0.15) is 45.9 Å². The van der Waals surface area contributed by atoms with Crippen LogP contribution in [0.2, 0.25) is 0 Å². The fraction of sp³-hybridized carbons (Fsp3) is 0.529. The van der Waals surface area contributed by atoms with Gasteiger partial charge in [-0.1, -0.05) is 32.9 Å². The van der Waals surface area contributed by atoms with E-state index in [9.17, 15) is 0 Å². The Hall–Kier alpha value is -1.48. The Bertz CT molecular complexity index is 559. The van der Waals surface area contributed by atoms with Gasteiger partial charge >= 0.3 is 0 Å². The van der Waals surface area contributed by atoms with Crippen LogP contribution in [0.25, 0.3) is 11.0 Å². The van der Waals surface area contributed by atoms with Gasteiger partial charge in [-0.05, 0) is 31.4 Å². The minimum absolute atomic E-state index is 0.194. The molecule has 3 heteroatoms. The zero-order chi connectivity index (χ0) is 14.7. The quantitative estimate of drug-likeness (QED) is 0.841. The van der Waals surface area contributed by atoms with Crippen molar-refractivity contribution >= 4 is 11.0 Å². The Morgan fingerprint density at radius 2 is 2.00 bits per heavy atom. The minimum Gasteiger partial charge on any atom is -0.493 e. The third-order valence-corrected chi connectivity index (χ3v) is 3.88. The first-order valence-corrected chi connectivity index (χ1v) is 7.39. The highest BCUT2D eigenvalue weighted by atomic mass is 16.5. The van der Waals surface area contributed by atoms with Gasteiger partial charge in [-0.25, -0.2) is 0 Å². The molecule has 20 heavy (non-hydrogen) atoms. The summed E-state index contributed by atoms with van der Waals surface area (Å²) < 4.78 is 11.3. The highest BCUT2D eigenvalue weighted by Gasteiger charge is 2.18. The lowest BCUT2D eigenvalue weighted by atomic mass is 10.0. The van der Waals surface area contributed by atoms with Crippen LogP contribution in [0.4, 0.5) is 0 Å². The second-order valence-corrected chi connectivity index (χ2v) is 5.67. The molecular weight excluding hydrogens is 250 g/mol. The minimum atomic E-state index is 0.194. The molecule has 1 aromatic carbocycles. The van der Waals surface area contributed by atoms with Crippen LogP contribution in [-0.2, 0) is 0 Å².